The van der Waals surface area contributed by atoms with Crippen LogP contribution in [0.15, 0.2) is 30.6 Å². The fourth-order valence-electron chi connectivity index (χ4n) is 1.19. The first-order valence-electron chi connectivity index (χ1n) is 4.42. The van der Waals surface area contributed by atoms with E-state index in [1.165, 1.54) is 17.1 Å². The van der Waals surface area contributed by atoms with Gasteiger partial charge in [0.2, 0.25) is 0 Å². The van der Waals surface area contributed by atoms with Crippen LogP contribution in [0.25, 0.3) is 5.82 Å². The number of nitrogens with two attached hydrogens (primary N) is 1. The standard InChI is InChI=1S/C10H7N5O/c11-4-8-2-1-3-9(14-8)15-6-7(5-13-15)10(12)16/h1-3,5-6H,(H2,12,16). The summed E-state index contributed by atoms with van der Waals surface area (Å²) in [6.45, 7) is 0. The lowest BCUT2D eigenvalue weighted by atomic mass is 10.3. The molecule has 0 unspecified atom stereocenters. The number of pyridine rings is 1. The fraction of sp³-hybridized carbons (Fsp3) is 0. The Morgan fingerprint density at radius 3 is 2.94 bits per heavy atom. The van der Waals surface area contributed by atoms with Crippen molar-refractivity contribution in [3.05, 3.63) is 41.9 Å². The maximum Gasteiger partial charge on any atom is 0.251 e. The Labute approximate surface area is 90.9 Å². The second-order valence-electron chi connectivity index (χ2n) is 3.03. The van der Waals surface area contributed by atoms with Gasteiger partial charge in [-0.25, -0.2) is 9.67 Å². The second kappa shape index (κ2) is 3.82. The van der Waals surface area contributed by atoms with Gasteiger partial charge in [0.1, 0.15) is 11.8 Å². The summed E-state index contributed by atoms with van der Waals surface area (Å²) in [5, 5.41) is 12.6. The molecule has 0 bridgehead atoms. The number of nitrogens with zero attached hydrogens (tertiary/aromatic N) is 4. The molecule has 16 heavy (non-hydrogen) atoms. The van der Waals surface area contributed by atoms with Gasteiger partial charge < -0.3 is 5.73 Å². The molecular formula is C10H7N5O. The van der Waals surface area contributed by atoms with Gasteiger partial charge in [-0.05, 0) is 12.1 Å². The predicted octanol–water partition coefficient (Wildman–Crippen LogP) is 0.238. The Bertz CT molecular complexity index is 581. The fourth-order valence-corrected chi connectivity index (χ4v) is 1.19. The molecule has 0 saturated heterocycles. The molecule has 2 aromatic rings. The molecule has 2 rings (SSSR count). The van der Waals surface area contributed by atoms with Crippen molar-refractivity contribution in [1.29, 1.82) is 5.26 Å². The number of amides is 1. The lowest BCUT2D eigenvalue weighted by Crippen LogP contribution is -2.09. The van der Waals surface area contributed by atoms with E-state index >= 15 is 0 Å². The minimum absolute atomic E-state index is 0.286. The summed E-state index contributed by atoms with van der Waals surface area (Å²) in [7, 11) is 0. The molecular weight excluding hydrogens is 206 g/mol. The van der Waals surface area contributed by atoms with E-state index in [-0.39, 0.29) is 5.69 Å². The first-order valence-corrected chi connectivity index (χ1v) is 4.42. The molecule has 6 heteroatoms. The lowest BCUT2D eigenvalue weighted by molar-refractivity contribution is 0.100. The van der Waals surface area contributed by atoms with Crippen LogP contribution in [0.1, 0.15) is 16.1 Å². The summed E-state index contributed by atoms with van der Waals surface area (Å²) in [5.74, 6) is -0.0887. The summed E-state index contributed by atoms with van der Waals surface area (Å²) >= 11 is 0. The Morgan fingerprint density at radius 2 is 2.31 bits per heavy atom. The smallest absolute Gasteiger partial charge is 0.251 e. The van der Waals surface area contributed by atoms with Gasteiger partial charge in [0.25, 0.3) is 5.91 Å². The number of carbonyl (C=O) groups is 1. The second-order valence-corrected chi connectivity index (χ2v) is 3.03. The number of hydrogen-bond acceptors (Lipinski definition) is 4. The molecule has 2 aromatic heterocycles. The number of aromatic nitrogens is 3. The highest BCUT2D eigenvalue weighted by molar-refractivity contribution is 5.92. The number of primary amides is 1. The van der Waals surface area contributed by atoms with Gasteiger partial charge in [0, 0.05) is 6.20 Å². The van der Waals surface area contributed by atoms with Crippen molar-refractivity contribution in [2.75, 3.05) is 0 Å². The van der Waals surface area contributed by atoms with E-state index < -0.39 is 5.91 Å². The SMILES string of the molecule is N#Cc1cccc(-n2cc(C(N)=O)cn2)n1. The average molecular weight is 213 g/mol. The highest BCUT2D eigenvalue weighted by atomic mass is 16.1. The molecule has 6 nitrogen and oxygen atoms in total. The Balaban J connectivity index is 2.43. The zero-order chi connectivity index (χ0) is 11.5. The van der Waals surface area contributed by atoms with Crippen LogP contribution in [-0.2, 0) is 0 Å². The van der Waals surface area contributed by atoms with Crippen molar-refractivity contribution < 1.29 is 4.79 Å². The average Bonchev–Trinajstić information content (AvgIpc) is 2.78. The number of carbonyl (C=O) groups excluding carboxylic acids is 1. The van der Waals surface area contributed by atoms with E-state index in [1.807, 2.05) is 6.07 Å². The molecule has 0 fully saturated rings. The van der Waals surface area contributed by atoms with Gasteiger partial charge in [0.05, 0.1) is 11.8 Å². The first-order chi connectivity index (χ1) is 7.70. The lowest BCUT2D eigenvalue weighted by Gasteiger charge is -1.98. The molecule has 0 aromatic carbocycles. The monoisotopic (exact) mass is 213 g/mol. The van der Waals surface area contributed by atoms with Crippen LogP contribution in [0.4, 0.5) is 0 Å². The zero-order valence-corrected chi connectivity index (χ0v) is 8.16. The third-order valence-corrected chi connectivity index (χ3v) is 1.95. The van der Waals surface area contributed by atoms with E-state index in [4.69, 9.17) is 11.0 Å². The van der Waals surface area contributed by atoms with Gasteiger partial charge in [-0.1, -0.05) is 6.07 Å². The zero-order valence-electron chi connectivity index (χ0n) is 8.16. The maximum absolute atomic E-state index is 10.9. The summed E-state index contributed by atoms with van der Waals surface area (Å²) in [6, 6.07) is 6.87. The third-order valence-electron chi connectivity index (χ3n) is 1.95. The van der Waals surface area contributed by atoms with E-state index in [9.17, 15) is 4.79 Å². The van der Waals surface area contributed by atoms with Crippen LogP contribution in [-0.4, -0.2) is 20.7 Å². The molecule has 0 atom stereocenters. The maximum atomic E-state index is 10.9. The predicted molar refractivity (Wildman–Crippen MR) is 54.6 cm³/mol. The van der Waals surface area contributed by atoms with Crippen LogP contribution in [0.5, 0.6) is 0 Å². The minimum Gasteiger partial charge on any atom is -0.366 e. The van der Waals surface area contributed by atoms with Crippen molar-refractivity contribution in [3.8, 4) is 11.9 Å². The number of hydrogen-bond donors (Lipinski definition) is 1. The molecule has 78 valence electrons. The van der Waals surface area contributed by atoms with Gasteiger partial charge in [-0.3, -0.25) is 4.79 Å². The van der Waals surface area contributed by atoms with Crippen LogP contribution < -0.4 is 5.73 Å². The molecule has 0 radical (unpaired) electrons. The Morgan fingerprint density at radius 1 is 1.50 bits per heavy atom. The molecule has 0 aliphatic heterocycles. The molecule has 2 N–H and O–H groups in total. The van der Waals surface area contributed by atoms with Crippen molar-refractivity contribution in [3.63, 3.8) is 0 Å². The summed E-state index contributed by atoms with van der Waals surface area (Å²) in [4.78, 5) is 14.9. The van der Waals surface area contributed by atoms with Gasteiger partial charge in [-0.2, -0.15) is 10.4 Å². The molecule has 0 aliphatic rings. The molecule has 1 amide bonds. The summed E-state index contributed by atoms with van der Waals surface area (Å²) in [6.07, 6.45) is 2.81. The Kier molecular flexibility index (Phi) is 2.36. The highest BCUT2D eigenvalue weighted by Crippen LogP contribution is 2.06. The van der Waals surface area contributed by atoms with E-state index in [0.717, 1.165) is 0 Å². The number of nitriles is 1. The van der Waals surface area contributed by atoms with Crippen molar-refractivity contribution in [2.24, 2.45) is 5.73 Å². The van der Waals surface area contributed by atoms with Gasteiger partial charge in [0.15, 0.2) is 5.82 Å². The summed E-state index contributed by atoms with van der Waals surface area (Å²) in [5.41, 5.74) is 5.68. The van der Waals surface area contributed by atoms with Crippen LogP contribution in [0.2, 0.25) is 0 Å². The van der Waals surface area contributed by atoms with Gasteiger partial charge >= 0.3 is 0 Å². The highest BCUT2D eigenvalue weighted by Gasteiger charge is 2.06. The summed E-state index contributed by atoms with van der Waals surface area (Å²) < 4.78 is 1.39. The normalized spacial score (nSPS) is 9.69. The third kappa shape index (κ3) is 1.74. The topological polar surface area (TPSA) is 97.6 Å². The van der Waals surface area contributed by atoms with Crippen LogP contribution in [0, 0.1) is 11.3 Å². The van der Waals surface area contributed by atoms with E-state index in [2.05, 4.69) is 10.1 Å². The van der Waals surface area contributed by atoms with E-state index in [0.29, 0.717) is 11.4 Å². The van der Waals surface area contributed by atoms with Crippen molar-refractivity contribution >= 4 is 5.91 Å². The largest absolute Gasteiger partial charge is 0.366 e. The van der Waals surface area contributed by atoms with Gasteiger partial charge in [-0.15, -0.1) is 0 Å². The minimum atomic E-state index is -0.553. The molecule has 2 heterocycles. The van der Waals surface area contributed by atoms with Crippen LogP contribution >= 0.6 is 0 Å². The van der Waals surface area contributed by atoms with Crippen molar-refractivity contribution in [1.82, 2.24) is 14.8 Å². The first kappa shape index (κ1) is 9.86. The molecule has 0 aliphatic carbocycles. The Hall–Kier alpha value is -2.68. The van der Waals surface area contributed by atoms with E-state index in [1.54, 1.807) is 18.2 Å². The molecule has 0 spiro atoms. The quantitative estimate of drug-likeness (QED) is 0.772. The molecule has 0 saturated carbocycles. The van der Waals surface area contributed by atoms with Crippen LogP contribution in [0.3, 0.4) is 0 Å². The number of rotatable bonds is 2. The van der Waals surface area contributed by atoms with Crippen molar-refractivity contribution in [2.45, 2.75) is 0 Å².